The SMILES string of the molecule is CC1CC(C(=O)O)C(C(=O)N2CCCC2C(=O)N(C)C)C1. The van der Waals surface area contributed by atoms with Crippen molar-refractivity contribution in [2.24, 2.45) is 17.8 Å². The molecule has 0 bridgehead atoms. The van der Waals surface area contributed by atoms with Gasteiger partial charge in [-0.2, -0.15) is 0 Å². The summed E-state index contributed by atoms with van der Waals surface area (Å²) < 4.78 is 0. The minimum absolute atomic E-state index is 0.0706. The predicted molar refractivity (Wildman–Crippen MR) is 76.4 cm³/mol. The predicted octanol–water partition coefficient (Wildman–Crippen LogP) is 0.812. The van der Waals surface area contributed by atoms with Crippen LogP contribution in [0.3, 0.4) is 0 Å². The Morgan fingerprint density at radius 2 is 1.76 bits per heavy atom. The second kappa shape index (κ2) is 6.03. The van der Waals surface area contributed by atoms with Gasteiger partial charge in [-0.3, -0.25) is 14.4 Å². The molecule has 1 aliphatic heterocycles. The lowest BCUT2D eigenvalue weighted by atomic mass is 9.94. The fourth-order valence-corrected chi connectivity index (χ4v) is 3.64. The summed E-state index contributed by atoms with van der Waals surface area (Å²) in [5, 5.41) is 9.31. The zero-order chi connectivity index (χ0) is 15.7. The fraction of sp³-hybridized carbons (Fsp3) is 0.800. The molecule has 21 heavy (non-hydrogen) atoms. The third-order valence-corrected chi connectivity index (χ3v) is 4.69. The van der Waals surface area contributed by atoms with Gasteiger partial charge in [-0.15, -0.1) is 0 Å². The van der Waals surface area contributed by atoms with E-state index < -0.39 is 23.8 Å². The molecule has 1 saturated carbocycles. The van der Waals surface area contributed by atoms with Crippen molar-refractivity contribution in [2.45, 2.75) is 38.6 Å². The van der Waals surface area contributed by atoms with Crippen molar-refractivity contribution in [2.75, 3.05) is 20.6 Å². The zero-order valence-electron chi connectivity index (χ0n) is 12.9. The minimum atomic E-state index is -0.896. The van der Waals surface area contributed by atoms with Gasteiger partial charge in [0.1, 0.15) is 6.04 Å². The number of likely N-dealkylation sites (tertiary alicyclic amines) is 1. The number of likely N-dealkylation sites (N-methyl/N-ethyl adjacent to an activating group) is 1. The van der Waals surface area contributed by atoms with E-state index in [1.165, 1.54) is 4.90 Å². The van der Waals surface area contributed by atoms with E-state index in [1.807, 2.05) is 6.92 Å². The summed E-state index contributed by atoms with van der Waals surface area (Å²) in [5.74, 6) is -1.96. The van der Waals surface area contributed by atoms with Crippen LogP contribution >= 0.6 is 0 Å². The van der Waals surface area contributed by atoms with E-state index in [2.05, 4.69) is 0 Å². The molecule has 0 aromatic heterocycles. The van der Waals surface area contributed by atoms with Gasteiger partial charge >= 0.3 is 5.97 Å². The maximum Gasteiger partial charge on any atom is 0.307 e. The molecule has 0 aromatic carbocycles. The lowest BCUT2D eigenvalue weighted by Gasteiger charge is -2.29. The van der Waals surface area contributed by atoms with E-state index >= 15 is 0 Å². The Hall–Kier alpha value is -1.59. The van der Waals surface area contributed by atoms with Gasteiger partial charge in [-0.1, -0.05) is 6.92 Å². The van der Waals surface area contributed by atoms with Crippen molar-refractivity contribution in [1.29, 1.82) is 0 Å². The quantitative estimate of drug-likeness (QED) is 0.836. The van der Waals surface area contributed by atoms with E-state index in [-0.39, 0.29) is 17.7 Å². The number of amides is 2. The van der Waals surface area contributed by atoms with Crippen LogP contribution in [0.4, 0.5) is 0 Å². The highest BCUT2D eigenvalue weighted by atomic mass is 16.4. The average molecular weight is 296 g/mol. The molecule has 6 nitrogen and oxygen atoms in total. The number of hydrogen-bond donors (Lipinski definition) is 1. The van der Waals surface area contributed by atoms with Crippen LogP contribution in [0.5, 0.6) is 0 Å². The molecular formula is C15H24N2O4. The van der Waals surface area contributed by atoms with Crippen molar-refractivity contribution in [1.82, 2.24) is 9.80 Å². The molecule has 2 rings (SSSR count). The highest BCUT2D eigenvalue weighted by Crippen LogP contribution is 2.38. The van der Waals surface area contributed by atoms with E-state index in [9.17, 15) is 19.5 Å². The number of carbonyl (C=O) groups is 3. The summed E-state index contributed by atoms with van der Waals surface area (Å²) in [6.07, 6.45) is 2.62. The van der Waals surface area contributed by atoms with Gasteiger partial charge < -0.3 is 14.9 Å². The monoisotopic (exact) mass is 296 g/mol. The molecule has 4 atom stereocenters. The molecule has 4 unspecified atom stereocenters. The van der Waals surface area contributed by atoms with Gasteiger partial charge in [-0.05, 0) is 31.6 Å². The first-order valence-electron chi connectivity index (χ1n) is 7.57. The number of nitrogens with zero attached hydrogens (tertiary/aromatic N) is 2. The number of carbonyl (C=O) groups excluding carboxylic acids is 2. The summed E-state index contributed by atoms with van der Waals surface area (Å²) >= 11 is 0. The van der Waals surface area contributed by atoms with Crippen LogP contribution in [0.1, 0.15) is 32.6 Å². The van der Waals surface area contributed by atoms with Crippen LogP contribution in [-0.2, 0) is 14.4 Å². The van der Waals surface area contributed by atoms with Crippen LogP contribution in [-0.4, -0.2) is 59.4 Å². The maximum absolute atomic E-state index is 12.7. The highest BCUT2D eigenvalue weighted by molar-refractivity contribution is 5.91. The van der Waals surface area contributed by atoms with Crippen molar-refractivity contribution in [3.8, 4) is 0 Å². The summed E-state index contributed by atoms with van der Waals surface area (Å²) in [6.45, 7) is 2.54. The molecule has 0 aromatic rings. The third-order valence-electron chi connectivity index (χ3n) is 4.69. The average Bonchev–Trinajstić information content (AvgIpc) is 3.02. The van der Waals surface area contributed by atoms with Gasteiger partial charge in [0.15, 0.2) is 0 Å². The molecule has 0 radical (unpaired) electrons. The smallest absolute Gasteiger partial charge is 0.307 e. The van der Waals surface area contributed by atoms with Crippen molar-refractivity contribution in [3.05, 3.63) is 0 Å². The highest BCUT2D eigenvalue weighted by Gasteiger charge is 2.46. The second-order valence-corrected chi connectivity index (χ2v) is 6.55. The summed E-state index contributed by atoms with van der Waals surface area (Å²) in [5.41, 5.74) is 0. The van der Waals surface area contributed by atoms with Crippen LogP contribution < -0.4 is 0 Å². The molecule has 1 saturated heterocycles. The Morgan fingerprint density at radius 1 is 1.14 bits per heavy atom. The zero-order valence-corrected chi connectivity index (χ0v) is 12.9. The maximum atomic E-state index is 12.7. The lowest BCUT2D eigenvalue weighted by molar-refractivity contribution is -0.151. The standard InChI is InChI=1S/C15H24N2O4/c1-9-7-10(11(8-9)15(20)21)13(18)17-6-4-5-12(17)14(19)16(2)3/h9-12H,4-8H2,1-3H3,(H,20,21). The van der Waals surface area contributed by atoms with E-state index in [0.717, 1.165) is 6.42 Å². The van der Waals surface area contributed by atoms with Gasteiger partial charge in [0, 0.05) is 20.6 Å². The third kappa shape index (κ3) is 3.04. The Bertz CT molecular complexity index is 449. The molecule has 0 spiro atoms. The molecule has 6 heteroatoms. The van der Waals surface area contributed by atoms with Gasteiger partial charge in [0.25, 0.3) is 0 Å². The molecule has 2 aliphatic rings. The Morgan fingerprint density at radius 3 is 2.33 bits per heavy atom. The van der Waals surface area contributed by atoms with Crippen molar-refractivity contribution < 1.29 is 19.5 Å². The summed E-state index contributed by atoms with van der Waals surface area (Å²) in [4.78, 5) is 39.4. The van der Waals surface area contributed by atoms with Crippen molar-refractivity contribution >= 4 is 17.8 Å². The van der Waals surface area contributed by atoms with E-state index in [0.29, 0.717) is 25.8 Å². The number of rotatable bonds is 3. The Labute approximate surface area is 125 Å². The molecule has 1 heterocycles. The second-order valence-electron chi connectivity index (χ2n) is 6.55. The molecular weight excluding hydrogens is 272 g/mol. The van der Waals surface area contributed by atoms with Gasteiger partial charge in [-0.25, -0.2) is 0 Å². The first-order valence-corrected chi connectivity index (χ1v) is 7.57. The van der Waals surface area contributed by atoms with Gasteiger partial charge in [0.2, 0.25) is 11.8 Å². The van der Waals surface area contributed by atoms with Crippen molar-refractivity contribution in [3.63, 3.8) is 0 Å². The number of carboxylic acids is 1. The minimum Gasteiger partial charge on any atom is -0.481 e. The summed E-state index contributed by atoms with van der Waals surface area (Å²) in [7, 11) is 3.36. The topological polar surface area (TPSA) is 77.9 Å². The number of hydrogen-bond acceptors (Lipinski definition) is 3. The molecule has 2 fully saturated rings. The van der Waals surface area contributed by atoms with E-state index in [1.54, 1.807) is 19.0 Å². The first-order chi connectivity index (χ1) is 9.82. The van der Waals surface area contributed by atoms with E-state index in [4.69, 9.17) is 0 Å². The molecule has 1 aliphatic carbocycles. The fourth-order valence-electron chi connectivity index (χ4n) is 3.64. The van der Waals surface area contributed by atoms with Crippen LogP contribution in [0, 0.1) is 17.8 Å². The number of carboxylic acid groups (broad SMARTS) is 1. The molecule has 118 valence electrons. The number of aliphatic carboxylic acids is 1. The molecule has 2 amide bonds. The van der Waals surface area contributed by atoms with Crippen LogP contribution in [0.2, 0.25) is 0 Å². The van der Waals surface area contributed by atoms with Gasteiger partial charge in [0.05, 0.1) is 11.8 Å². The van der Waals surface area contributed by atoms with Crippen LogP contribution in [0.15, 0.2) is 0 Å². The first kappa shape index (κ1) is 15.8. The van der Waals surface area contributed by atoms with Crippen LogP contribution in [0.25, 0.3) is 0 Å². The lowest BCUT2D eigenvalue weighted by Crippen LogP contribution is -2.48. The normalized spacial score (nSPS) is 32.2. The Kier molecular flexibility index (Phi) is 4.54. The largest absolute Gasteiger partial charge is 0.481 e. The Balaban J connectivity index is 2.15. The summed E-state index contributed by atoms with van der Waals surface area (Å²) in [6, 6.07) is -0.419. The molecule has 1 N–H and O–H groups in total.